The predicted octanol–water partition coefficient (Wildman–Crippen LogP) is 4.46. The van der Waals surface area contributed by atoms with Crippen molar-refractivity contribution in [1.29, 1.82) is 0 Å². The molecule has 2 saturated carbocycles. The van der Waals surface area contributed by atoms with Gasteiger partial charge in [-0.25, -0.2) is 4.79 Å². The van der Waals surface area contributed by atoms with Crippen molar-refractivity contribution < 1.29 is 24.2 Å². The Hall–Kier alpha value is -3.35. The van der Waals surface area contributed by atoms with Gasteiger partial charge in [0.1, 0.15) is 6.61 Å². The summed E-state index contributed by atoms with van der Waals surface area (Å²) in [5, 5.41) is 15.0. The predicted molar refractivity (Wildman–Crippen MR) is 131 cm³/mol. The molecule has 3 aliphatic rings. The van der Waals surface area contributed by atoms with E-state index in [4.69, 9.17) is 9.84 Å². The highest BCUT2D eigenvalue weighted by Crippen LogP contribution is 2.44. The van der Waals surface area contributed by atoms with Gasteiger partial charge < -0.3 is 20.5 Å². The molecule has 2 aromatic carbocycles. The average Bonchev–Trinajstić information content (AvgIpc) is 3.58. The molecule has 7 nitrogen and oxygen atoms in total. The maximum atomic E-state index is 12.9. The van der Waals surface area contributed by atoms with Crippen LogP contribution in [-0.4, -0.2) is 41.8 Å². The van der Waals surface area contributed by atoms with Crippen LogP contribution in [0.3, 0.4) is 0 Å². The minimum Gasteiger partial charge on any atom is -0.481 e. The summed E-state index contributed by atoms with van der Waals surface area (Å²) in [6.07, 6.45) is 4.73. The van der Waals surface area contributed by atoms with Crippen LogP contribution in [0.15, 0.2) is 48.5 Å². The van der Waals surface area contributed by atoms with Crippen LogP contribution in [0.2, 0.25) is 0 Å². The summed E-state index contributed by atoms with van der Waals surface area (Å²) in [5.41, 5.74) is 4.05. The van der Waals surface area contributed by atoms with E-state index in [1.54, 1.807) is 0 Å². The zero-order valence-corrected chi connectivity index (χ0v) is 19.8. The Balaban J connectivity index is 1.19. The van der Waals surface area contributed by atoms with Crippen molar-refractivity contribution in [2.24, 2.45) is 11.8 Å². The van der Waals surface area contributed by atoms with E-state index in [2.05, 4.69) is 34.9 Å². The third kappa shape index (κ3) is 5.04. The Bertz CT molecular complexity index is 1080. The van der Waals surface area contributed by atoms with Gasteiger partial charge in [0.05, 0.1) is 11.5 Å². The fourth-order valence-electron chi connectivity index (χ4n) is 5.82. The number of aliphatic carboxylic acids is 1. The summed E-state index contributed by atoms with van der Waals surface area (Å²) in [6, 6.07) is 16.4. The van der Waals surface area contributed by atoms with Crippen molar-refractivity contribution in [2.75, 3.05) is 13.2 Å². The second-order valence-corrected chi connectivity index (χ2v) is 10.2. The van der Waals surface area contributed by atoms with E-state index in [-0.39, 0.29) is 36.7 Å². The lowest BCUT2D eigenvalue weighted by Crippen LogP contribution is -2.52. The molecule has 35 heavy (non-hydrogen) atoms. The van der Waals surface area contributed by atoms with Crippen LogP contribution in [0.4, 0.5) is 4.79 Å². The van der Waals surface area contributed by atoms with E-state index in [1.807, 2.05) is 24.3 Å². The number of ether oxygens (including phenoxy) is 1. The Kier molecular flexibility index (Phi) is 6.50. The Morgan fingerprint density at radius 1 is 0.943 bits per heavy atom. The molecule has 5 rings (SSSR count). The number of carboxylic acids is 1. The van der Waals surface area contributed by atoms with Gasteiger partial charge in [-0.15, -0.1) is 0 Å². The number of carbonyl (C=O) groups is 3. The monoisotopic (exact) mass is 476 g/mol. The number of nitrogens with one attached hydrogen (secondary N) is 2. The fraction of sp³-hybridized carbons (Fsp3) is 0.464. The van der Waals surface area contributed by atoms with Crippen molar-refractivity contribution in [3.05, 3.63) is 59.7 Å². The van der Waals surface area contributed by atoms with Gasteiger partial charge in [-0.3, -0.25) is 9.59 Å². The summed E-state index contributed by atoms with van der Waals surface area (Å²) in [5.74, 6) is -1.31. The van der Waals surface area contributed by atoms with Crippen LogP contribution in [-0.2, 0) is 14.3 Å². The van der Waals surface area contributed by atoms with Gasteiger partial charge in [0.25, 0.3) is 0 Å². The van der Waals surface area contributed by atoms with Gasteiger partial charge in [-0.1, -0.05) is 67.8 Å². The molecule has 184 valence electrons. The first-order valence-electron chi connectivity index (χ1n) is 12.6. The van der Waals surface area contributed by atoms with E-state index in [1.165, 1.54) is 11.1 Å². The molecule has 7 heteroatoms. The molecule has 2 fully saturated rings. The van der Waals surface area contributed by atoms with Crippen molar-refractivity contribution in [3.8, 4) is 11.1 Å². The highest BCUT2D eigenvalue weighted by atomic mass is 16.5. The van der Waals surface area contributed by atoms with E-state index >= 15 is 0 Å². The number of amides is 2. The summed E-state index contributed by atoms with van der Waals surface area (Å²) >= 11 is 0. The molecule has 0 unspecified atom stereocenters. The molecular weight excluding hydrogens is 444 g/mol. The zero-order valence-electron chi connectivity index (χ0n) is 19.8. The third-order valence-electron chi connectivity index (χ3n) is 7.82. The van der Waals surface area contributed by atoms with Gasteiger partial charge >= 0.3 is 12.1 Å². The molecule has 0 bridgehead atoms. The lowest BCUT2D eigenvalue weighted by atomic mass is 9.79. The average molecular weight is 477 g/mol. The maximum absolute atomic E-state index is 12.9. The Morgan fingerprint density at radius 2 is 1.57 bits per heavy atom. The molecule has 0 saturated heterocycles. The number of alkyl carbamates (subject to hydrolysis) is 1. The fourth-order valence-corrected chi connectivity index (χ4v) is 5.82. The lowest BCUT2D eigenvalue weighted by molar-refractivity contribution is -0.139. The minimum absolute atomic E-state index is 0.00819. The van der Waals surface area contributed by atoms with Crippen molar-refractivity contribution in [3.63, 3.8) is 0 Å². The van der Waals surface area contributed by atoms with Crippen LogP contribution in [0.5, 0.6) is 0 Å². The molecule has 2 amide bonds. The summed E-state index contributed by atoms with van der Waals surface area (Å²) in [6.45, 7) is 0.608. The number of carboxylic acid groups (broad SMARTS) is 1. The van der Waals surface area contributed by atoms with Crippen LogP contribution in [0, 0.1) is 11.8 Å². The molecule has 0 aromatic heterocycles. The second kappa shape index (κ2) is 9.72. The number of hydrogen-bond donors (Lipinski definition) is 3. The quantitative estimate of drug-likeness (QED) is 0.522. The number of carbonyl (C=O) groups excluding carboxylic acids is 2. The standard InChI is InChI=1S/C28H32N2O5/c31-25(29-16-18-14-23(18)26(32)33)15-28(12-6-1-7-13-28)30-27(34)35-17-24-21-10-4-2-8-19(21)20-9-3-5-11-22(20)24/h2-5,8-11,18,23-24H,1,6-7,12-17H2,(H,29,31)(H,30,34)(H,32,33)/t18-,23-/m1/s1. The van der Waals surface area contributed by atoms with Gasteiger partial charge in [0.15, 0.2) is 0 Å². The topological polar surface area (TPSA) is 105 Å². The number of benzene rings is 2. The van der Waals surface area contributed by atoms with E-state index in [9.17, 15) is 14.4 Å². The molecule has 0 heterocycles. The number of hydrogen-bond acceptors (Lipinski definition) is 4. The van der Waals surface area contributed by atoms with Crippen LogP contribution >= 0.6 is 0 Å². The van der Waals surface area contributed by atoms with Gasteiger partial charge in [-0.2, -0.15) is 0 Å². The first-order valence-corrected chi connectivity index (χ1v) is 12.6. The summed E-state index contributed by atoms with van der Waals surface area (Å²) < 4.78 is 5.75. The van der Waals surface area contributed by atoms with Crippen molar-refractivity contribution in [2.45, 2.75) is 56.4 Å². The largest absolute Gasteiger partial charge is 0.481 e. The summed E-state index contributed by atoms with van der Waals surface area (Å²) in [4.78, 5) is 36.7. The lowest BCUT2D eigenvalue weighted by Gasteiger charge is -2.37. The Morgan fingerprint density at radius 3 is 2.17 bits per heavy atom. The number of rotatable bonds is 8. The van der Waals surface area contributed by atoms with E-state index in [0.29, 0.717) is 13.0 Å². The first-order chi connectivity index (χ1) is 17.0. The molecule has 0 radical (unpaired) electrons. The van der Waals surface area contributed by atoms with E-state index < -0.39 is 17.6 Å². The van der Waals surface area contributed by atoms with Crippen LogP contribution < -0.4 is 10.6 Å². The maximum Gasteiger partial charge on any atom is 0.407 e. The molecule has 3 aliphatic carbocycles. The molecule has 3 N–H and O–H groups in total. The highest BCUT2D eigenvalue weighted by Gasteiger charge is 2.43. The summed E-state index contributed by atoms with van der Waals surface area (Å²) in [7, 11) is 0. The Labute approximate surface area is 205 Å². The second-order valence-electron chi connectivity index (χ2n) is 10.2. The molecule has 2 atom stereocenters. The van der Waals surface area contributed by atoms with Crippen LogP contribution in [0.1, 0.15) is 62.0 Å². The van der Waals surface area contributed by atoms with Crippen molar-refractivity contribution >= 4 is 18.0 Å². The highest BCUT2D eigenvalue weighted by molar-refractivity contribution is 5.80. The molecule has 2 aromatic rings. The SMILES string of the molecule is O=C(CC1(NC(=O)OCC2c3ccccc3-c3ccccc32)CCCCC1)NC[C@H]1C[C@H]1C(=O)O. The van der Waals surface area contributed by atoms with Crippen molar-refractivity contribution in [1.82, 2.24) is 10.6 Å². The first kappa shape index (κ1) is 23.4. The van der Waals surface area contributed by atoms with Gasteiger partial charge in [0.2, 0.25) is 5.91 Å². The molecular formula is C28H32N2O5. The minimum atomic E-state index is -0.801. The van der Waals surface area contributed by atoms with Gasteiger partial charge in [0, 0.05) is 18.9 Å². The van der Waals surface area contributed by atoms with E-state index in [0.717, 1.165) is 43.2 Å². The third-order valence-corrected chi connectivity index (χ3v) is 7.82. The number of fused-ring (bicyclic) bond motifs is 3. The van der Waals surface area contributed by atoms with Crippen LogP contribution in [0.25, 0.3) is 11.1 Å². The zero-order chi connectivity index (χ0) is 24.4. The van der Waals surface area contributed by atoms with Gasteiger partial charge in [-0.05, 0) is 47.4 Å². The molecule has 0 spiro atoms. The molecule has 0 aliphatic heterocycles. The smallest absolute Gasteiger partial charge is 0.407 e. The normalized spacial score (nSPS) is 21.9.